The van der Waals surface area contributed by atoms with E-state index in [2.05, 4.69) is 16.0 Å². The van der Waals surface area contributed by atoms with Gasteiger partial charge in [0.15, 0.2) is 0 Å². The monoisotopic (exact) mass is 434 g/mol. The van der Waals surface area contributed by atoms with Crippen LogP contribution in [0.4, 0.5) is 5.69 Å². The van der Waals surface area contributed by atoms with Gasteiger partial charge in [-0.15, -0.1) is 0 Å². The van der Waals surface area contributed by atoms with Crippen LogP contribution in [-0.2, 0) is 22.7 Å². The van der Waals surface area contributed by atoms with Crippen LogP contribution in [0.15, 0.2) is 36.4 Å². The maximum absolute atomic E-state index is 13.2. The maximum Gasteiger partial charge on any atom is 0.262 e. The molecule has 1 unspecified atom stereocenters. The number of nitrogens with one attached hydrogen (secondary N) is 3. The molecule has 1 fully saturated rings. The minimum Gasteiger partial charge on any atom is -0.492 e. The number of imide groups is 2. The SMILES string of the molecule is O=C1CCC(N2C(=O)c3cccc(CNc4ccc5c(c4)OCCNC5)c3C2=O)C(=O)N1. The summed E-state index contributed by atoms with van der Waals surface area (Å²) < 4.78 is 5.78. The quantitative estimate of drug-likeness (QED) is 0.619. The molecule has 2 aromatic carbocycles. The number of rotatable bonds is 4. The third kappa shape index (κ3) is 3.50. The van der Waals surface area contributed by atoms with Crippen molar-refractivity contribution in [3.8, 4) is 5.75 Å². The van der Waals surface area contributed by atoms with Gasteiger partial charge in [0, 0.05) is 43.4 Å². The number of piperidine rings is 1. The Labute approximate surface area is 184 Å². The lowest BCUT2D eigenvalue weighted by molar-refractivity contribution is -0.136. The van der Waals surface area contributed by atoms with Crippen molar-refractivity contribution in [3.05, 3.63) is 58.7 Å². The molecule has 1 atom stereocenters. The summed E-state index contributed by atoms with van der Waals surface area (Å²) in [5.74, 6) is -1.21. The Morgan fingerprint density at radius 3 is 2.81 bits per heavy atom. The zero-order valence-electron chi connectivity index (χ0n) is 17.3. The van der Waals surface area contributed by atoms with E-state index in [-0.39, 0.29) is 18.4 Å². The van der Waals surface area contributed by atoms with Crippen LogP contribution in [0, 0.1) is 0 Å². The molecule has 0 aliphatic carbocycles. The number of amides is 4. The van der Waals surface area contributed by atoms with Gasteiger partial charge >= 0.3 is 0 Å². The molecule has 32 heavy (non-hydrogen) atoms. The molecule has 0 saturated carbocycles. The Morgan fingerprint density at radius 2 is 1.97 bits per heavy atom. The molecule has 0 radical (unpaired) electrons. The van der Waals surface area contributed by atoms with Crippen LogP contribution in [0.1, 0.15) is 44.7 Å². The molecule has 3 heterocycles. The zero-order chi connectivity index (χ0) is 22.2. The topological polar surface area (TPSA) is 117 Å². The fourth-order valence-electron chi connectivity index (χ4n) is 4.33. The van der Waals surface area contributed by atoms with Crippen LogP contribution in [-0.4, -0.2) is 47.7 Å². The Morgan fingerprint density at radius 1 is 1.09 bits per heavy atom. The number of anilines is 1. The number of ether oxygens (including phenoxy) is 1. The number of fused-ring (bicyclic) bond motifs is 2. The molecule has 4 amide bonds. The molecule has 5 rings (SSSR count). The second-order valence-corrected chi connectivity index (χ2v) is 7.99. The van der Waals surface area contributed by atoms with Crippen molar-refractivity contribution in [1.29, 1.82) is 0 Å². The third-order valence-electron chi connectivity index (χ3n) is 5.96. The number of carbonyl (C=O) groups is 4. The van der Waals surface area contributed by atoms with Crippen molar-refractivity contribution in [3.63, 3.8) is 0 Å². The lowest BCUT2D eigenvalue weighted by atomic mass is 10.0. The average Bonchev–Trinajstić information content (AvgIpc) is 2.94. The highest BCUT2D eigenvalue weighted by Crippen LogP contribution is 2.31. The largest absolute Gasteiger partial charge is 0.492 e. The Hall–Kier alpha value is -3.72. The minimum atomic E-state index is -0.976. The van der Waals surface area contributed by atoms with Crippen LogP contribution in [0.5, 0.6) is 5.75 Å². The molecule has 0 spiro atoms. The van der Waals surface area contributed by atoms with Crippen molar-refractivity contribution in [2.24, 2.45) is 0 Å². The fraction of sp³-hybridized carbons (Fsp3) is 0.304. The van der Waals surface area contributed by atoms with Crippen LogP contribution in [0.3, 0.4) is 0 Å². The summed E-state index contributed by atoms with van der Waals surface area (Å²) in [5.41, 5.74) is 3.14. The Kier molecular flexibility index (Phi) is 5.10. The van der Waals surface area contributed by atoms with E-state index in [4.69, 9.17) is 4.74 Å². The predicted octanol–water partition coefficient (Wildman–Crippen LogP) is 1.18. The number of nitrogens with zero attached hydrogens (tertiary/aromatic N) is 1. The first kappa shape index (κ1) is 20.2. The number of hydrogen-bond donors (Lipinski definition) is 3. The standard InChI is InChI=1S/C23H22N4O5/c28-19-7-6-17(21(29)26-19)27-22(30)16-3-1-2-14(20(16)23(27)31)12-25-15-5-4-13-11-24-8-9-32-18(13)10-15/h1-5,10,17,24-25H,6-9,11-12H2,(H,26,28,29). The molecule has 0 aromatic heterocycles. The summed E-state index contributed by atoms with van der Waals surface area (Å²) in [5, 5.41) is 8.80. The molecule has 164 valence electrons. The molecule has 3 aliphatic heterocycles. The maximum atomic E-state index is 13.2. The molecule has 2 aromatic rings. The molecule has 3 N–H and O–H groups in total. The average molecular weight is 434 g/mol. The molecule has 9 nitrogen and oxygen atoms in total. The minimum absolute atomic E-state index is 0.0914. The Bertz CT molecular complexity index is 1150. The third-order valence-corrected chi connectivity index (χ3v) is 5.96. The fourth-order valence-corrected chi connectivity index (χ4v) is 4.33. The van der Waals surface area contributed by atoms with Gasteiger partial charge in [-0.2, -0.15) is 0 Å². The summed E-state index contributed by atoms with van der Waals surface area (Å²) in [6.45, 7) is 2.44. The van der Waals surface area contributed by atoms with E-state index < -0.39 is 29.7 Å². The summed E-state index contributed by atoms with van der Waals surface area (Å²) >= 11 is 0. The van der Waals surface area contributed by atoms with Crippen molar-refractivity contribution >= 4 is 29.3 Å². The molecular weight excluding hydrogens is 412 g/mol. The lowest BCUT2D eigenvalue weighted by Crippen LogP contribution is -2.54. The van der Waals surface area contributed by atoms with Gasteiger partial charge in [0.2, 0.25) is 11.8 Å². The highest BCUT2D eigenvalue weighted by molar-refractivity contribution is 6.24. The summed E-state index contributed by atoms with van der Waals surface area (Å²) in [7, 11) is 0. The number of benzene rings is 2. The van der Waals surface area contributed by atoms with E-state index in [1.54, 1.807) is 18.2 Å². The van der Waals surface area contributed by atoms with Crippen molar-refractivity contribution < 1.29 is 23.9 Å². The van der Waals surface area contributed by atoms with Gasteiger partial charge in [0.25, 0.3) is 11.8 Å². The molecule has 9 heteroatoms. The van der Waals surface area contributed by atoms with Crippen molar-refractivity contribution in [1.82, 2.24) is 15.5 Å². The smallest absolute Gasteiger partial charge is 0.262 e. The summed E-state index contributed by atoms with van der Waals surface area (Å²) in [6, 6.07) is 9.99. The van der Waals surface area contributed by atoms with Crippen LogP contribution in [0.2, 0.25) is 0 Å². The van der Waals surface area contributed by atoms with Gasteiger partial charge in [0.1, 0.15) is 18.4 Å². The van der Waals surface area contributed by atoms with Crippen LogP contribution in [0.25, 0.3) is 0 Å². The molecule has 3 aliphatic rings. The van der Waals surface area contributed by atoms with E-state index in [0.29, 0.717) is 24.3 Å². The van der Waals surface area contributed by atoms with Gasteiger partial charge in [-0.3, -0.25) is 29.4 Å². The second kappa shape index (κ2) is 8.08. The number of hydrogen-bond acceptors (Lipinski definition) is 7. The molecule has 0 bridgehead atoms. The highest BCUT2D eigenvalue weighted by atomic mass is 16.5. The zero-order valence-corrected chi connectivity index (χ0v) is 17.3. The molecule has 1 saturated heterocycles. The normalized spacial score (nSPS) is 20.2. The van der Waals surface area contributed by atoms with E-state index >= 15 is 0 Å². The second-order valence-electron chi connectivity index (χ2n) is 7.99. The van der Waals surface area contributed by atoms with Gasteiger partial charge in [0.05, 0.1) is 11.1 Å². The van der Waals surface area contributed by atoms with Crippen LogP contribution < -0.4 is 20.7 Å². The highest BCUT2D eigenvalue weighted by Gasteiger charge is 2.45. The van der Waals surface area contributed by atoms with Crippen molar-refractivity contribution in [2.45, 2.75) is 32.0 Å². The Balaban J connectivity index is 1.37. The van der Waals surface area contributed by atoms with E-state index in [1.165, 1.54) is 0 Å². The summed E-state index contributed by atoms with van der Waals surface area (Å²) in [4.78, 5) is 50.8. The van der Waals surface area contributed by atoms with Gasteiger partial charge in [-0.25, -0.2) is 0 Å². The van der Waals surface area contributed by atoms with Crippen molar-refractivity contribution in [2.75, 3.05) is 18.5 Å². The lowest BCUT2D eigenvalue weighted by Gasteiger charge is -2.27. The van der Waals surface area contributed by atoms with E-state index in [9.17, 15) is 19.2 Å². The predicted molar refractivity (Wildman–Crippen MR) is 114 cm³/mol. The van der Waals surface area contributed by atoms with E-state index in [1.807, 2.05) is 18.2 Å². The van der Waals surface area contributed by atoms with Gasteiger partial charge in [-0.1, -0.05) is 18.2 Å². The first-order valence-electron chi connectivity index (χ1n) is 10.6. The number of carbonyl (C=O) groups excluding carboxylic acids is 4. The first-order valence-corrected chi connectivity index (χ1v) is 10.6. The molecular formula is C23H22N4O5. The van der Waals surface area contributed by atoms with Gasteiger partial charge in [-0.05, 0) is 24.1 Å². The summed E-state index contributed by atoms with van der Waals surface area (Å²) in [6.07, 6.45) is 0.224. The van der Waals surface area contributed by atoms with Gasteiger partial charge < -0.3 is 15.4 Å². The van der Waals surface area contributed by atoms with Crippen LogP contribution >= 0.6 is 0 Å². The van der Waals surface area contributed by atoms with E-state index in [0.717, 1.165) is 35.0 Å². The first-order chi connectivity index (χ1) is 15.5.